The molecule has 1 spiro atoms. The summed E-state index contributed by atoms with van der Waals surface area (Å²) in [6.07, 6.45) is 3.19. The van der Waals surface area contributed by atoms with Crippen molar-refractivity contribution in [3.63, 3.8) is 0 Å². The van der Waals surface area contributed by atoms with E-state index in [0.29, 0.717) is 42.9 Å². The number of piperidine rings is 1. The number of pyridine rings is 1. The summed E-state index contributed by atoms with van der Waals surface area (Å²) >= 11 is 5.96. The van der Waals surface area contributed by atoms with Gasteiger partial charge in [0.25, 0.3) is 0 Å². The van der Waals surface area contributed by atoms with E-state index in [0.717, 1.165) is 5.69 Å². The van der Waals surface area contributed by atoms with Gasteiger partial charge in [0.1, 0.15) is 5.60 Å². The van der Waals surface area contributed by atoms with Crippen molar-refractivity contribution in [2.45, 2.75) is 45.6 Å². The van der Waals surface area contributed by atoms with E-state index >= 15 is 0 Å². The molecule has 2 aliphatic rings. The van der Waals surface area contributed by atoms with E-state index in [4.69, 9.17) is 16.3 Å². The SMILES string of the molecule is CC(C)(C)OC(=O)N1CCC2(CC1)Cc1ncc(Cl)cc1C2=O. The zero-order valence-electron chi connectivity index (χ0n) is 13.7. The molecule has 0 unspecified atom stereocenters. The van der Waals surface area contributed by atoms with Gasteiger partial charge in [0, 0.05) is 36.7 Å². The molecule has 0 saturated carbocycles. The van der Waals surface area contributed by atoms with Crippen molar-refractivity contribution in [1.82, 2.24) is 9.88 Å². The topological polar surface area (TPSA) is 59.5 Å². The van der Waals surface area contributed by atoms with Gasteiger partial charge in [0.2, 0.25) is 0 Å². The Balaban J connectivity index is 1.70. The number of fused-ring (bicyclic) bond motifs is 1. The third-order valence-electron chi connectivity index (χ3n) is 4.54. The number of likely N-dealkylation sites (tertiary alicyclic amines) is 1. The lowest BCUT2D eigenvalue weighted by Crippen LogP contribution is -2.47. The highest BCUT2D eigenvalue weighted by molar-refractivity contribution is 6.31. The second kappa shape index (κ2) is 5.48. The number of amides is 1. The van der Waals surface area contributed by atoms with Gasteiger partial charge in [-0.3, -0.25) is 9.78 Å². The van der Waals surface area contributed by atoms with E-state index < -0.39 is 11.0 Å². The molecular weight excluding hydrogens is 316 g/mol. The maximum absolute atomic E-state index is 12.8. The van der Waals surface area contributed by atoms with Gasteiger partial charge in [-0.2, -0.15) is 0 Å². The number of halogens is 1. The number of carbonyl (C=O) groups excluding carboxylic acids is 2. The number of Topliss-reactive ketones (excluding diaryl/α,β-unsaturated/α-hetero) is 1. The average molecular weight is 337 g/mol. The Morgan fingerprint density at radius 2 is 2.00 bits per heavy atom. The minimum atomic E-state index is -0.508. The van der Waals surface area contributed by atoms with Gasteiger partial charge in [0.05, 0.1) is 10.7 Å². The summed E-state index contributed by atoms with van der Waals surface area (Å²) in [5, 5.41) is 0.486. The van der Waals surface area contributed by atoms with E-state index in [-0.39, 0.29) is 11.9 Å². The Morgan fingerprint density at radius 3 is 2.61 bits per heavy atom. The van der Waals surface area contributed by atoms with Gasteiger partial charge in [0.15, 0.2) is 5.78 Å². The molecule has 5 nitrogen and oxygen atoms in total. The van der Waals surface area contributed by atoms with Crippen molar-refractivity contribution in [2.75, 3.05) is 13.1 Å². The second-order valence-electron chi connectivity index (χ2n) is 7.40. The summed E-state index contributed by atoms with van der Waals surface area (Å²) in [6.45, 7) is 6.61. The molecule has 0 radical (unpaired) electrons. The van der Waals surface area contributed by atoms with Crippen LogP contribution in [0, 0.1) is 5.41 Å². The third-order valence-corrected chi connectivity index (χ3v) is 4.75. The highest BCUT2D eigenvalue weighted by atomic mass is 35.5. The first-order chi connectivity index (χ1) is 10.7. The van der Waals surface area contributed by atoms with Gasteiger partial charge in [-0.15, -0.1) is 0 Å². The highest BCUT2D eigenvalue weighted by Crippen LogP contribution is 2.44. The predicted molar refractivity (Wildman–Crippen MR) is 86.8 cm³/mol. The maximum atomic E-state index is 12.8. The Morgan fingerprint density at radius 1 is 1.35 bits per heavy atom. The molecule has 3 rings (SSSR count). The molecule has 1 aromatic rings. The van der Waals surface area contributed by atoms with Crippen LogP contribution in [0.25, 0.3) is 0 Å². The van der Waals surface area contributed by atoms with Crippen molar-refractivity contribution in [2.24, 2.45) is 5.41 Å². The molecule has 1 aromatic heterocycles. The summed E-state index contributed by atoms with van der Waals surface area (Å²) in [5.41, 5.74) is 0.526. The third kappa shape index (κ3) is 3.07. The number of ether oxygens (including phenoxy) is 1. The summed E-state index contributed by atoms with van der Waals surface area (Å²) in [6, 6.07) is 1.71. The number of hydrogen-bond acceptors (Lipinski definition) is 4. The molecule has 2 heterocycles. The maximum Gasteiger partial charge on any atom is 0.410 e. The molecule has 23 heavy (non-hydrogen) atoms. The molecule has 0 atom stereocenters. The van der Waals surface area contributed by atoms with Crippen LogP contribution in [0.3, 0.4) is 0 Å². The first-order valence-electron chi connectivity index (χ1n) is 7.87. The molecule has 0 aromatic carbocycles. The molecular formula is C17H21ClN2O3. The van der Waals surface area contributed by atoms with Crippen LogP contribution in [-0.4, -0.2) is 40.5 Å². The van der Waals surface area contributed by atoms with Gasteiger partial charge in [-0.05, 0) is 39.7 Å². The molecule has 1 aliphatic heterocycles. The first-order valence-corrected chi connectivity index (χ1v) is 8.25. The summed E-state index contributed by atoms with van der Waals surface area (Å²) in [4.78, 5) is 30.9. The molecule has 1 saturated heterocycles. The van der Waals surface area contributed by atoms with Crippen LogP contribution in [0.15, 0.2) is 12.3 Å². The monoisotopic (exact) mass is 336 g/mol. The van der Waals surface area contributed by atoms with Crippen molar-refractivity contribution < 1.29 is 14.3 Å². The molecule has 0 bridgehead atoms. The Labute approximate surface area is 141 Å². The van der Waals surface area contributed by atoms with Crippen LogP contribution in [-0.2, 0) is 11.2 Å². The van der Waals surface area contributed by atoms with Gasteiger partial charge in [-0.25, -0.2) is 4.79 Å². The zero-order valence-corrected chi connectivity index (χ0v) is 14.4. The van der Waals surface area contributed by atoms with Gasteiger partial charge in [-0.1, -0.05) is 11.6 Å². The van der Waals surface area contributed by atoms with Crippen molar-refractivity contribution in [3.05, 3.63) is 28.5 Å². The highest BCUT2D eigenvalue weighted by Gasteiger charge is 2.48. The Kier molecular flexibility index (Phi) is 3.87. The standard InChI is InChI=1S/C17H21ClN2O3/c1-16(2,3)23-15(22)20-6-4-17(5-7-20)9-13-12(14(17)21)8-11(18)10-19-13/h8,10H,4-7,9H2,1-3H3. The number of hydrogen-bond donors (Lipinski definition) is 0. The fourth-order valence-electron chi connectivity index (χ4n) is 3.34. The van der Waals surface area contributed by atoms with E-state index in [2.05, 4.69) is 4.98 Å². The Bertz CT molecular complexity index is 658. The lowest BCUT2D eigenvalue weighted by Gasteiger charge is -2.38. The lowest BCUT2D eigenvalue weighted by atomic mass is 9.75. The van der Waals surface area contributed by atoms with Crippen LogP contribution in [0.2, 0.25) is 5.02 Å². The fourth-order valence-corrected chi connectivity index (χ4v) is 3.50. The largest absolute Gasteiger partial charge is 0.444 e. The molecule has 6 heteroatoms. The number of aromatic nitrogens is 1. The number of nitrogens with zero attached hydrogens (tertiary/aromatic N) is 2. The summed E-state index contributed by atoms with van der Waals surface area (Å²) in [7, 11) is 0. The number of ketones is 1. The summed E-state index contributed by atoms with van der Waals surface area (Å²) in [5.74, 6) is 0.117. The van der Waals surface area contributed by atoms with Gasteiger partial charge >= 0.3 is 6.09 Å². The summed E-state index contributed by atoms with van der Waals surface area (Å²) < 4.78 is 5.40. The lowest BCUT2D eigenvalue weighted by molar-refractivity contribution is 0.0113. The van der Waals surface area contributed by atoms with E-state index in [9.17, 15) is 9.59 Å². The van der Waals surface area contributed by atoms with Gasteiger partial charge < -0.3 is 9.64 Å². The molecule has 0 N–H and O–H groups in total. The Hall–Kier alpha value is -1.62. The average Bonchev–Trinajstić information content (AvgIpc) is 2.71. The van der Waals surface area contributed by atoms with E-state index in [1.807, 2.05) is 20.8 Å². The molecule has 124 valence electrons. The smallest absolute Gasteiger partial charge is 0.410 e. The van der Waals surface area contributed by atoms with Crippen LogP contribution in [0.1, 0.15) is 49.7 Å². The van der Waals surface area contributed by atoms with E-state index in [1.54, 1.807) is 17.2 Å². The zero-order chi connectivity index (χ0) is 16.8. The first kappa shape index (κ1) is 16.2. The van der Waals surface area contributed by atoms with Crippen LogP contribution >= 0.6 is 11.6 Å². The second-order valence-corrected chi connectivity index (χ2v) is 7.84. The van der Waals surface area contributed by atoms with E-state index in [1.165, 1.54) is 0 Å². The fraction of sp³-hybridized carbons (Fsp3) is 0.588. The normalized spacial score (nSPS) is 19.8. The molecule has 1 fully saturated rings. The minimum absolute atomic E-state index is 0.117. The van der Waals surface area contributed by atoms with Crippen molar-refractivity contribution in [3.8, 4) is 0 Å². The quantitative estimate of drug-likeness (QED) is 0.727. The van der Waals surface area contributed by atoms with Crippen molar-refractivity contribution >= 4 is 23.5 Å². The molecule has 1 aliphatic carbocycles. The van der Waals surface area contributed by atoms with Crippen molar-refractivity contribution in [1.29, 1.82) is 0 Å². The molecule has 1 amide bonds. The number of rotatable bonds is 0. The van der Waals surface area contributed by atoms with Crippen LogP contribution in [0.5, 0.6) is 0 Å². The number of carbonyl (C=O) groups is 2. The minimum Gasteiger partial charge on any atom is -0.444 e. The van der Waals surface area contributed by atoms with Crippen LogP contribution in [0.4, 0.5) is 4.79 Å². The predicted octanol–water partition coefficient (Wildman–Crippen LogP) is 3.49. The van der Waals surface area contributed by atoms with Crippen LogP contribution < -0.4 is 0 Å².